The first kappa shape index (κ1) is 19.0. The zero-order valence-electron chi connectivity index (χ0n) is 15.6. The second-order valence-electron chi connectivity index (χ2n) is 6.61. The summed E-state index contributed by atoms with van der Waals surface area (Å²) in [6.45, 7) is 1.16. The Balaban J connectivity index is 1.41. The highest BCUT2D eigenvalue weighted by Gasteiger charge is 2.23. The lowest BCUT2D eigenvalue weighted by atomic mass is 10.3. The van der Waals surface area contributed by atoms with Crippen molar-refractivity contribution in [2.45, 2.75) is 30.2 Å². The number of anilines is 3. The average Bonchev–Trinajstić information content (AvgIpc) is 3.37. The molecule has 1 aliphatic carbocycles. The third-order valence-corrected chi connectivity index (χ3v) is 5.12. The van der Waals surface area contributed by atoms with Crippen LogP contribution in [0.3, 0.4) is 0 Å². The Morgan fingerprint density at radius 2 is 2.07 bits per heavy atom. The lowest BCUT2D eigenvalue weighted by Crippen LogP contribution is -2.13. The van der Waals surface area contributed by atoms with E-state index in [0.717, 1.165) is 41.2 Å². The predicted molar refractivity (Wildman–Crippen MR) is 109 cm³/mol. The topological polar surface area (TPSA) is 95.7 Å². The molecule has 2 heterocycles. The Bertz CT molecular complexity index is 914. The van der Waals surface area contributed by atoms with Gasteiger partial charge in [-0.25, -0.2) is 4.98 Å². The van der Waals surface area contributed by atoms with Gasteiger partial charge in [-0.2, -0.15) is 4.98 Å². The second-order valence-corrected chi connectivity index (χ2v) is 7.69. The van der Waals surface area contributed by atoms with E-state index in [2.05, 4.69) is 20.6 Å². The minimum atomic E-state index is 0.470. The number of ether oxygens (including phenoxy) is 1. The number of fused-ring (bicyclic) bond motifs is 1. The Labute approximate surface area is 167 Å². The monoisotopic (exact) mass is 401 g/mol. The SMILES string of the molecule is COCCCN(O)Sc1ccc(Nc2nc(NC3CC3)c3occc3n2)cc1. The second kappa shape index (κ2) is 8.78. The molecule has 2 aromatic heterocycles. The molecule has 1 fully saturated rings. The highest BCUT2D eigenvalue weighted by Crippen LogP contribution is 2.30. The molecule has 1 aliphatic rings. The number of hydroxylamine groups is 1. The summed E-state index contributed by atoms with van der Waals surface area (Å²) in [6.07, 6.45) is 4.70. The van der Waals surface area contributed by atoms with Crippen molar-refractivity contribution in [3.63, 3.8) is 0 Å². The molecule has 1 saturated carbocycles. The first-order chi connectivity index (χ1) is 13.7. The lowest BCUT2D eigenvalue weighted by molar-refractivity contribution is 0.0102. The quantitative estimate of drug-likeness (QED) is 0.261. The molecule has 3 aromatic rings. The molecule has 0 radical (unpaired) electrons. The Morgan fingerprint density at radius 1 is 1.25 bits per heavy atom. The number of aromatic nitrogens is 2. The van der Waals surface area contributed by atoms with Crippen LogP contribution in [0.15, 0.2) is 45.9 Å². The molecule has 0 atom stereocenters. The fraction of sp³-hybridized carbons (Fsp3) is 0.368. The number of rotatable bonds is 10. The molecule has 0 spiro atoms. The van der Waals surface area contributed by atoms with E-state index in [0.29, 0.717) is 30.7 Å². The van der Waals surface area contributed by atoms with Crippen molar-refractivity contribution in [2.24, 2.45) is 0 Å². The largest absolute Gasteiger partial charge is 0.459 e. The first-order valence-corrected chi connectivity index (χ1v) is 10.0. The number of hydrogen-bond acceptors (Lipinski definition) is 9. The van der Waals surface area contributed by atoms with Crippen LogP contribution in [-0.4, -0.2) is 45.9 Å². The van der Waals surface area contributed by atoms with Gasteiger partial charge >= 0.3 is 0 Å². The van der Waals surface area contributed by atoms with Crippen LogP contribution in [-0.2, 0) is 4.74 Å². The molecule has 0 unspecified atom stereocenters. The number of benzene rings is 1. The van der Waals surface area contributed by atoms with Crippen LogP contribution < -0.4 is 10.6 Å². The van der Waals surface area contributed by atoms with Gasteiger partial charge in [0.05, 0.1) is 6.26 Å². The van der Waals surface area contributed by atoms with Crippen LogP contribution in [0.25, 0.3) is 11.1 Å². The number of nitrogens with zero attached hydrogens (tertiary/aromatic N) is 3. The molecule has 1 aromatic carbocycles. The summed E-state index contributed by atoms with van der Waals surface area (Å²) in [4.78, 5) is 10.0. The molecular weight excluding hydrogens is 378 g/mol. The van der Waals surface area contributed by atoms with E-state index in [4.69, 9.17) is 9.15 Å². The van der Waals surface area contributed by atoms with Crippen LogP contribution in [0.5, 0.6) is 0 Å². The van der Waals surface area contributed by atoms with Gasteiger partial charge in [0.25, 0.3) is 0 Å². The molecule has 3 N–H and O–H groups in total. The molecule has 0 aliphatic heterocycles. The average molecular weight is 401 g/mol. The van der Waals surface area contributed by atoms with Gasteiger partial charge in [0.2, 0.25) is 5.95 Å². The molecular formula is C19H23N5O3S. The Kier molecular flexibility index (Phi) is 5.96. The third kappa shape index (κ3) is 4.93. The standard InChI is InChI=1S/C19H23N5O3S/c1-26-11-2-10-24(25)28-15-7-5-14(6-8-15)21-19-22-16-9-12-27-17(16)18(23-19)20-13-3-4-13/h5-9,12-13,25H,2-4,10-11H2,1H3,(H2,20,21,22,23). The highest BCUT2D eigenvalue weighted by molar-refractivity contribution is 7.96. The summed E-state index contributed by atoms with van der Waals surface area (Å²) in [5.41, 5.74) is 2.31. The van der Waals surface area contributed by atoms with E-state index in [1.54, 1.807) is 13.4 Å². The minimum Gasteiger partial charge on any atom is -0.459 e. The minimum absolute atomic E-state index is 0.470. The van der Waals surface area contributed by atoms with Gasteiger partial charge < -0.3 is 25.0 Å². The molecule has 0 amide bonds. The summed E-state index contributed by atoms with van der Waals surface area (Å²) < 4.78 is 11.7. The maximum atomic E-state index is 9.91. The molecule has 0 bridgehead atoms. The summed E-state index contributed by atoms with van der Waals surface area (Å²) in [5, 5.41) is 16.5. The van der Waals surface area contributed by atoms with E-state index in [-0.39, 0.29) is 0 Å². The molecule has 9 heteroatoms. The zero-order chi connectivity index (χ0) is 19.3. The van der Waals surface area contributed by atoms with Gasteiger partial charge in [-0.3, -0.25) is 0 Å². The van der Waals surface area contributed by atoms with Gasteiger partial charge in [-0.1, -0.05) is 0 Å². The maximum Gasteiger partial charge on any atom is 0.229 e. The van der Waals surface area contributed by atoms with Crippen LogP contribution in [0.4, 0.5) is 17.5 Å². The first-order valence-electron chi connectivity index (χ1n) is 9.23. The Morgan fingerprint density at radius 3 is 2.82 bits per heavy atom. The predicted octanol–water partition coefficient (Wildman–Crippen LogP) is 4.28. The summed E-state index contributed by atoms with van der Waals surface area (Å²) >= 11 is 1.28. The van der Waals surface area contributed by atoms with E-state index >= 15 is 0 Å². The molecule has 8 nitrogen and oxygen atoms in total. The molecule has 4 rings (SSSR count). The van der Waals surface area contributed by atoms with E-state index in [1.807, 2.05) is 30.3 Å². The molecule has 28 heavy (non-hydrogen) atoms. The van der Waals surface area contributed by atoms with E-state index in [9.17, 15) is 5.21 Å². The van der Waals surface area contributed by atoms with Gasteiger partial charge in [0.1, 0.15) is 5.52 Å². The molecule has 148 valence electrons. The van der Waals surface area contributed by atoms with Crippen LogP contribution in [0, 0.1) is 0 Å². The van der Waals surface area contributed by atoms with Crippen LogP contribution in [0.2, 0.25) is 0 Å². The maximum absolute atomic E-state index is 9.91. The third-order valence-electron chi connectivity index (χ3n) is 4.24. The lowest BCUT2D eigenvalue weighted by Gasteiger charge is -2.13. The van der Waals surface area contributed by atoms with E-state index < -0.39 is 0 Å². The van der Waals surface area contributed by atoms with Crippen molar-refractivity contribution in [1.29, 1.82) is 0 Å². The van der Waals surface area contributed by atoms with Crippen molar-refractivity contribution in [3.8, 4) is 0 Å². The number of nitrogens with one attached hydrogen (secondary N) is 2. The zero-order valence-corrected chi connectivity index (χ0v) is 16.4. The summed E-state index contributed by atoms with van der Waals surface area (Å²) in [7, 11) is 1.65. The fourth-order valence-electron chi connectivity index (χ4n) is 2.68. The normalized spacial score (nSPS) is 14.0. The summed E-state index contributed by atoms with van der Waals surface area (Å²) in [5.74, 6) is 1.24. The van der Waals surface area contributed by atoms with Crippen LogP contribution >= 0.6 is 11.9 Å². The van der Waals surface area contributed by atoms with Crippen LogP contribution in [0.1, 0.15) is 19.3 Å². The summed E-state index contributed by atoms with van der Waals surface area (Å²) in [6, 6.07) is 10.0. The number of hydrogen-bond donors (Lipinski definition) is 3. The fourth-order valence-corrected chi connectivity index (χ4v) is 3.40. The van der Waals surface area contributed by atoms with Crippen molar-refractivity contribution in [1.82, 2.24) is 14.4 Å². The van der Waals surface area contributed by atoms with Gasteiger partial charge in [0, 0.05) is 43.0 Å². The van der Waals surface area contributed by atoms with Gasteiger partial charge in [-0.15, -0.1) is 4.47 Å². The van der Waals surface area contributed by atoms with Crippen molar-refractivity contribution < 1.29 is 14.4 Å². The van der Waals surface area contributed by atoms with E-state index in [1.165, 1.54) is 16.4 Å². The van der Waals surface area contributed by atoms with Crippen molar-refractivity contribution >= 4 is 40.5 Å². The molecule has 0 saturated heterocycles. The Hall–Kier alpha value is -2.33. The van der Waals surface area contributed by atoms with Gasteiger partial charge in [0.15, 0.2) is 11.4 Å². The van der Waals surface area contributed by atoms with Crippen molar-refractivity contribution in [3.05, 3.63) is 36.6 Å². The smallest absolute Gasteiger partial charge is 0.229 e. The van der Waals surface area contributed by atoms with Crippen molar-refractivity contribution in [2.75, 3.05) is 30.9 Å². The highest BCUT2D eigenvalue weighted by atomic mass is 32.2. The number of methoxy groups -OCH3 is 1. The number of furan rings is 1. The van der Waals surface area contributed by atoms with Gasteiger partial charge in [-0.05, 0) is 55.5 Å².